The monoisotopic (exact) mass is 363 g/mol. The van der Waals surface area contributed by atoms with E-state index >= 15 is 0 Å². The molecular formula is C19H19Cl2NO2. The Labute approximate surface area is 152 Å². The van der Waals surface area contributed by atoms with Crippen molar-refractivity contribution in [1.29, 1.82) is 0 Å². The van der Waals surface area contributed by atoms with E-state index in [2.05, 4.69) is 5.32 Å². The minimum absolute atomic E-state index is 0.0613. The predicted molar refractivity (Wildman–Crippen MR) is 99.7 cm³/mol. The molecule has 2 rings (SSSR count). The lowest BCUT2D eigenvalue weighted by Crippen LogP contribution is -2.26. The molecule has 0 bridgehead atoms. The highest BCUT2D eigenvalue weighted by atomic mass is 35.5. The summed E-state index contributed by atoms with van der Waals surface area (Å²) in [7, 11) is 1.63. The van der Waals surface area contributed by atoms with Crippen LogP contribution in [0.4, 0.5) is 0 Å². The van der Waals surface area contributed by atoms with Crippen LogP contribution in [0.1, 0.15) is 30.5 Å². The van der Waals surface area contributed by atoms with Crippen LogP contribution in [0.3, 0.4) is 0 Å². The van der Waals surface area contributed by atoms with Crippen molar-refractivity contribution in [2.75, 3.05) is 7.11 Å². The minimum Gasteiger partial charge on any atom is -0.497 e. The Kier molecular flexibility index (Phi) is 6.71. The van der Waals surface area contributed by atoms with Crippen LogP contribution < -0.4 is 10.1 Å². The maximum Gasteiger partial charge on any atom is 0.244 e. The van der Waals surface area contributed by atoms with Crippen molar-refractivity contribution in [3.05, 3.63) is 69.7 Å². The summed E-state index contributed by atoms with van der Waals surface area (Å²) in [6.45, 7) is 2.02. The first kappa shape index (κ1) is 18.4. The molecule has 5 heteroatoms. The van der Waals surface area contributed by atoms with E-state index in [1.807, 2.05) is 31.2 Å². The summed E-state index contributed by atoms with van der Waals surface area (Å²) in [5.41, 5.74) is 1.78. The van der Waals surface area contributed by atoms with Crippen molar-refractivity contribution in [1.82, 2.24) is 5.32 Å². The Morgan fingerprint density at radius 1 is 1.21 bits per heavy atom. The molecule has 0 saturated heterocycles. The molecule has 0 saturated carbocycles. The molecule has 1 N–H and O–H groups in total. The van der Waals surface area contributed by atoms with Gasteiger partial charge in [0.2, 0.25) is 5.91 Å². The van der Waals surface area contributed by atoms with E-state index in [9.17, 15) is 4.79 Å². The van der Waals surface area contributed by atoms with E-state index in [0.29, 0.717) is 10.0 Å². The van der Waals surface area contributed by atoms with Crippen molar-refractivity contribution < 1.29 is 9.53 Å². The molecular weight excluding hydrogens is 345 g/mol. The Morgan fingerprint density at radius 2 is 1.92 bits per heavy atom. The van der Waals surface area contributed by atoms with Gasteiger partial charge in [-0.25, -0.2) is 0 Å². The van der Waals surface area contributed by atoms with E-state index in [1.165, 1.54) is 6.08 Å². The lowest BCUT2D eigenvalue weighted by Gasteiger charge is -2.16. The SMILES string of the molecule is CC[C@H](NC(=O)/C=C/c1ccc(Cl)cc1Cl)c1ccc(OC)cc1. The normalized spacial score (nSPS) is 12.2. The Balaban J connectivity index is 2.04. The number of carbonyl (C=O) groups is 1. The Morgan fingerprint density at radius 3 is 2.50 bits per heavy atom. The third-order valence-corrected chi connectivity index (χ3v) is 4.18. The highest BCUT2D eigenvalue weighted by molar-refractivity contribution is 6.35. The van der Waals surface area contributed by atoms with E-state index < -0.39 is 0 Å². The molecule has 0 unspecified atom stereocenters. The van der Waals surface area contributed by atoms with Gasteiger partial charge in [-0.3, -0.25) is 4.79 Å². The van der Waals surface area contributed by atoms with Gasteiger partial charge >= 0.3 is 0 Å². The van der Waals surface area contributed by atoms with Crippen LogP contribution in [0, 0.1) is 0 Å². The second kappa shape index (κ2) is 8.76. The lowest BCUT2D eigenvalue weighted by molar-refractivity contribution is -0.117. The summed E-state index contributed by atoms with van der Waals surface area (Å²) in [6, 6.07) is 12.8. The molecule has 2 aromatic rings. The predicted octanol–water partition coefficient (Wildman–Crippen LogP) is 5.28. The van der Waals surface area contributed by atoms with Gasteiger partial charge in [0.25, 0.3) is 0 Å². The fraction of sp³-hybridized carbons (Fsp3) is 0.211. The number of rotatable bonds is 6. The van der Waals surface area contributed by atoms with Crippen LogP contribution in [0.15, 0.2) is 48.5 Å². The summed E-state index contributed by atoms with van der Waals surface area (Å²) < 4.78 is 5.15. The van der Waals surface area contributed by atoms with Gasteiger partial charge in [0.1, 0.15) is 5.75 Å². The molecule has 0 heterocycles. The van der Waals surface area contributed by atoms with Crippen LogP contribution in [-0.4, -0.2) is 13.0 Å². The molecule has 1 amide bonds. The standard InChI is InChI=1S/C19H19Cl2NO2/c1-3-18(14-5-9-16(24-2)10-6-14)22-19(23)11-7-13-4-8-15(20)12-17(13)21/h4-12,18H,3H2,1-2H3,(H,22,23)/b11-7+/t18-/m0/s1. The molecule has 24 heavy (non-hydrogen) atoms. The molecule has 3 nitrogen and oxygen atoms in total. The van der Waals surface area contributed by atoms with E-state index in [-0.39, 0.29) is 11.9 Å². The van der Waals surface area contributed by atoms with Crippen LogP contribution in [0.5, 0.6) is 5.75 Å². The summed E-state index contributed by atoms with van der Waals surface area (Å²) in [5, 5.41) is 4.06. The third kappa shape index (κ3) is 5.02. The van der Waals surface area contributed by atoms with Gasteiger partial charge in [-0.15, -0.1) is 0 Å². The first-order valence-electron chi connectivity index (χ1n) is 7.61. The van der Waals surface area contributed by atoms with Crippen LogP contribution in [0.25, 0.3) is 6.08 Å². The lowest BCUT2D eigenvalue weighted by atomic mass is 10.0. The van der Waals surface area contributed by atoms with Gasteiger partial charge in [0.05, 0.1) is 13.2 Å². The maximum atomic E-state index is 12.2. The third-order valence-electron chi connectivity index (χ3n) is 3.62. The number of benzene rings is 2. The average Bonchev–Trinajstić information content (AvgIpc) is 2.59. The second-order valence-electron chi connectivity index (χ2n) is 5.24. The van der Waals surface area contributed by atoms with E-state index in [4.69, 9.17) is 27.9 Å². The van der Waals surface area contributed by atoms with Gasteiger partial charge in [0.15, 0.2) is 0 Å². The minimum atomic E-state index is -0.177. The highest BCUT2D eigenvalue weighted by Gasteiger charge is 2.11. The zero-order valence-corrected chi connectivity index (χ0v) is 15.1. The fourth-order valence-electron chi connectivity index (χ4n) is 2.28. The second-order valence-corrected chi connectivity index (χ2v) is 6.09. The number of carbonyl (C=O) groups excluding carboxylic acids is 1. The van der Waals surface area contributed by atoms with Crippen molar-refractivity contribution in [3.8, 4) is 5.75 Å². The van der Waals surface area contributed by atoms with Gasteiger partial charge in [-0.1, -0.05) is 48.3 Å². The van der Waals surface area contributed by atoms with Crippen molar-refractivity contribution in [3.63, 3.8) is 0 Å². The smallest absolute Gasteiger partial charge is 0.244 e. The van der Waals surface area contributed by atoms with Crippen LogP contribution >= 0.6 is 23.2 Å². The molecule has 0 aliphatic heterocycles. The number of hydrogen-bond acceptors (Lipinski definition) is 2. The summed E-state index contributed by atoms with van der Waals surface area (Å²) in [6.07, 6.45) is 3.93. The molecule has 1 atom stereocenters. The quantitative estimate of drug-likeness (QED) is 0.708. The molecule has 126 valence electrons. The molecule has 0 aliphatic carbocycles. The largest absolute Gasteiger partial charge is 0.497 e. The first-order valence-corrected chi connectivity index (χ1v) is 8.36. The zero-order valence-electron chi connectivity index (χ0n) is 13.6. The number of ether oxygens (including phenoxy) is 1. The summed E-state index contributed by atoms with van der Waals surface area (Å²) in [5.74, 6) is 0.612. The number of methoxy groups -OCH3 is 1. The topological polar surface area (TPSA) is 38.3 Å². The number of nitrogens with one attached hydrogen (secondary N) is 1. The molecule has 0 fully saturated rings. The van der Waals surface area contributed by atoms with Crippen molar-refractivity contribution >= 4 is 35.2 Å². The zero-order chi connectivity index (χ0) is 17.5. The van der Waals surface area contributed by atoms with Gasteiger partial charge in [-0.05, 0) is 47.9 Å². The van der Waals surface area contributed by atoms with E-state index in [0.717, 1.165) is 23.3 Å². The van der Waals surface area contributed by atoms with E-state index in [1.54, 1.807) is 31.4 Å². The van der Waals surface area contributed by atoms with Crippen LogP contribution in [-0.2, 0) is 4.79 Å². The number of halogens is 2. The van der Waals surface area contributed by atoms with Gasteiger partial charge in [0, 0.05) is 16.1 Å². The Hall–Kier alpha value is -1.97. The first-order chi connectivity index (χ1) is 11.5. The van der Waals surface area contributed by atoms with Gasteiger partial charge < -0.3 is 10.1 Å². The molecule has 0 radical (unpaired) electrons. The average molecular weight is 364 g/mol. The summed E-state index contributed by atoms with van der Waals surface area (Å²) in [4.78, 5) is 12.2. The molecule has 0 spiro atoms. The Bertz CT molecular complexity index is 727. The number of amides is 1. The van der Waals surface area contributed by atoms with Crippen molar-refractivity contribution in [2.45, 2.75) is 19.4 Å². The fourth-order valence-corrected chi connectivity index (χ4v) is 2.75. The highest BCUT2D eigenvalue weighted by Crippen LogP contribution is 2.22. The maximum absolute atomic E-state index is 12.2. The molecule has 0 aliphatic rings. The number of hydrogen-bond donors (Lipinski definition) is 1. The molecule has 2 aromatic carbocycles. The van der Waals surface area contributed by atoms with Crippen LogP contribution in [0.2, 0.25) is 10.0 Å². The van der Waals surface area contributed by atoms with Crippen molar-refractivity contribution in [2.24, 2.45) is 0 Å². The molecule has 0 aromatic heterocycles. The summed E-state index contributed by atoms with van der Waals surface area (Å²) >= 11 is 12.0. The van der Waals surface area contributed by atoms with Gasteiger partial charge in [-0.2, -0.15) is 0 Å².